The van der Waals surface area contributed by atoms with Crippen LogP contribution in [0.1, 0.15) is 17.2 Å². The average Bonchev–Trinajstić information content (AvgIpc) is 2.74. The normalized spacial score (nSPS) is 12.0. The monoisotopic (exact) mass is 401 g/mol. The molecule has 144 valence electrons. The smallest absolute Gasteiger partial charge is 0.245 e. The highest BCUT2D eigenvalue weighted by molar-refractivity contribution is 6.31. The standard InChI is InChI=1S/C24H20ClN3O/c1-15-6-9-19(28-24(29)23(26)20-4-2-3-5-22(20)25)13-21(15)17-8-7-16-10-11-27-14-18(16)12-17/h2-14,23H,26H2,1H3,(H,28,29)/t23-/m0/s1. The van der Waals surface area contributed by atoms with Gasteiger partial charge in [0, 0.05) is 28.5 Å². The lowest BCUT2D eigenvalue weighted by Gasteiger charge is -2.15. The summed E-state index contributed by atoms with van der Waals surface area (Å²) in [4.78, 5) is 16.9. The van der Waals surface area contributed by atoms with Crippen molar-refractivity contribution in [3.05, 3.63) is 95.3 Å². The molecule has 1 aromatic heterocycles. The largest absolute Gasteiger partial charge is 0.324 e. The fourth-order valence-electron chi connectivity index (χ4n) is 3.35. The molecule has 0 spiro atoms. The van der Waals surface area contributed by atoms with Crippen LogP contribution < -0.4 is 11.1 Å². The highest BCUT2D eigenvalue weighted by atomic mass is 35.5. The van der Waals surface area contributed by atoms with Gasteiger partial charge in [-0.2, -0.15) is 0 Å². The molecule has 0 aliphatic carbocycles. The van der Waals surface area contributed by atoms with Crippen LogP contribution in [0.15, 0.2) is 79.1 Å². The van der Waals surface area contributed by atoms with Crippen molar-refractivity contribution in [1.29, 1.82) is 0 Å². The molecule has 29 heavy (non-hydrogen) atoms. The van der Waals surface area contributed by atoms with E-state index in [1.54, 1.807) is 18.3 Å². The van der Waals surface area contributed by atoms with Gasteiger partial charge < -0.3 is 11.1 Å². The van der Waals surface area contributed by atoms with E-state index in [0.29, 0.717) is 16.3 Å². The van der Waals surface area contributed by atoms with Gasteiger partial charge in [0.1, 0.15) is 6.04 Å². The number of carbonyl (C=O) groups is 1. The Morgan fingerprint density at radius 2 is 1.86 bits per heavy atom. The van der Waals surface area contributed by atoms with Crippen molar-refractivity contribution >= 4 is 34.0 Å². The molecule has 0 unspecified atom stereocenters. The molecule has 0 saturated heterocycles. The van der Waals surface area contributed by atoms with E-state index < -0.39 is 6.04 Å². The van der Waals surface area contributed by atoms with Crippen LogP contribution in [0.4, 0.5) is 5.69 Å². The molecule has 0 fully saturated rings. The van der Waals surface area contributed by atoms with Gasteiger partial charge >= 0.3 is 0 Å². The minimum absolute atomic E-state index is 0.310. The van der Waals surface area contributed by atoms with Gasteiger partial charge in [0.25, 0.3) is 0 Å². The summed E-state index contributed by atoms with van der Waals surface area (Å²) >= 11 is 6.17. The molecule has 0 bridgehead atoms. The second-order valence-electron chi connectivity index (χ2n) is 6.96. The maximum absolute atomic E-state index is 12.7. The summed E-state index contributed by atoms with van der Waals surface area (Å²) in [6.45, 7) is 2.05. The van der Waals surface area contributed by atoms with Crippen LogP contribution in [-0.2, 0) is 4.79 Å². The van der Waals surface area contributed by atoms with Gasteiger partial charge in [0.15, 0.2) is 0 Å². The Bertz CT molecular complexity index is 1210. The van der Waals surface area contributed by atoms with E-state index >= 15 is 0 Å². The zero-order valence-corrected chi connectivity index (χ0v) is 16.6. The number of aromatic nitrogens is 1. The van der Waals surface area contributed by atoms with Crippen molar-refractivity contribution in [2.75, 3.05) is 5.32 Å². The minimum Gasteiger partial charge on any atom is -0.324 e. The van der Waals surface area contributed by atoms with Gasteiger partial charge in [-0.25, -0.2) is 0 Å². The third kappa shape index (κ3) is 3.99. The number of pyridine rings is 1. The lowest BCUT2D eigenvalue weighted by atomic mass is 9.97. The van der Waals surface area contributed by atoms with Gasteiger partial charge in [0.2, 0.25) is 5.91 Å². The molecule has 1 heterocycles. The van der Waals surface area contributed by atoms with E-state index in [1.807, 2.05) is 49.5 Å². The summed E-state index contributed by atoms with van der Waals surface area (Å²) in [7, 11) is 0. The molecule has 0 radical (unpaired) electrons. The predicted molar refractivity (Wildman–Crippen MR) is 119 cm³/mol. The first-order valence-electron chi connectivity index (χ1n) is 9.28. The topological polar surface area (TPSA) is 68.0 Å². The number of nitrogens with one attached hydrogen (secondary N) is 1. The number of amides is 1. The van der Waals surface area contributed by atoms with E-state index in [0.717, 1.165) is 27.5 Å². The van der Waals surface area contributed by atoms with Gasteiger partial charge in [0.05, 0.1) is 0 Å². The SMILES string of the molecule is Cc1ccc(NC(=O)[C@@H](N)c2ccccc2Cl)cc1-c1ccc2ccncc2c1. The van der Waals surface area contributed by atoms with Crippen molar-refractivity contribution in [2.24, 2.45) is 5.73 Å². The van der Waals surface area contributed by atoms with Crippen LogP contribution in [0.3, 0.4) is 0 Å². The lowest BCUT2D eigenvalue weighted by molar-refractivity contribution is -0.117. The van der Waals surface area contributed by atoms with Crippen molar-refractivity contribution in [1.82, 2.24) is 4.98 Å². The Kier molecular flexibility index (Phi) is 5.30. The molecular weight excluding hydrogens is 382 g/mol. The number of aryl methyl sites for hydroxylation is 1. The number of fused-ring (bicyclic) bond motifs is 1. The number of nitrogens with zero attached hydrogens (tertiary/aromatic N) is 1. The Hall–Kier alpha value is -3.21. The average molecular weight is 402 g/mol. The Morgan fingerprint density at radius 1 is 1.03 bits per heavy atom. The fraction of sp³-hybridized carbons (Fsp3) is 0.0833. The second kappa shape index (κ2) is 8.03. The van der Waals surface area contributed by atoms with E-state index in [2.05, 4.69) is 28.5 Å². The fourth-order valence-corrected chi connectivity index (χ4v) is 3.61. The van der Waals surface area contributed by atoms with Crippen LogP contribution in [-0.4, -0.2) is 10.9 Å². The lowest BCUT2D eigenvalue weighted by Crippen LogP contribution is -2.28. The van der Waals surface area contributed by atoms with E-state index in [9.17, 15) is 4.79 Å². The summed E-state index contributed by atoms with van der Waals surface area (Å²) in [5.41, 5.74) is 10.6. The number of carbonyl (C=O) groups excluding carboxylic acids is 1. The molecule has 0 aliphatic rings. The number of nitrogens with two attached hydrogens (primary N) is 1. The number of halogens is 1. The van der Waals surface area contributed by atoms with Crippen molar-refractivity contribution in [3.63, 3.8) is 0 Å². The van der Waals surface area contributed by atoms with Crippen LogP contribution >= 0.6 is 11.6 Å². The first-order valence-corrected chi connectivity index (χ1v) is 9.66. The quantitative estimate of drug-likeness (QED) is 0.474. The van der Waals surface area contributed by atoms with Crippen LogP contribution in [0, 0.1) is 6.92 Å². The van der Waals surface area contributed by atoms with Crippen LogP contribution in [0.2, 0.25) is 5.02 Å². The molecule has 0 aliphatic heterocycles. The Balaban J connectivity index is 1.62. The number of hydrogen-bond acceptors (Lipinski definition) is 3. The van der Waals surface area contributed by atoms with Crippen molar-refractivity contribution in [2.45, 2.75) is 13.0 Å². The molecule has 3 N–H and O–H groups in total. The number of rotatable bonds is 4. The molecule has 4 aromatic rings. The summed E-state index contributed by atoms with van der Waals surface area (Å²) in [6.07, 6.45) is 3.63. The molecule has 4 rings (SSSR count). The third-order valence-corrected chi connectivity index (χ3v) is 5.32. The predicted octanol–water partition coefficient (Wildman–Crippen LogP) is 5.50. The van der Waals surface area contributed by atoms with E-state index in [4.69, 9.17) is 17.3 Å². The van der Waals surface area contributed by atoms with Gasteiger partial charge in [-0.3, -0.25) is 9.78 Å². The minimum atomic E-state index is -0.847. The third-order valence-electron chi connectivity index (χ3n) is 4.98. The van der Waals surface area contributed by atoms with Gasteiger partial charge in [-0.15, -0.1) is 0 Å². The van der Waals surface area contributed by atoms with Crippen LogP contribution in [0.25, 0.3) is 21.9 Å². The zero-order valence-electron chi connectivity index (χ0n) is 15.9. The summed E-state index contributed by atoms with van der Waals surface area (Å²) in [6, 6.07) is 20.3. The zero-order chi connectivity index (χ0) is 20.4. The second-order valence-corrected chi connectivity index (χ2v) is 7.36. The first-order chi connectivity index (χ1) is 14.0. The summed E-state index contributed by atoms with van der Waals surface area (Å²) in [5.74, 6) is -0.310. The highest BCUT2D eigenvalue weighted by Crippen LogP contribution is 2.30. The maximum atomic E-state index is 12.7. The van der Waals surface area contributed by atoms with Crippen molar-refractivity contribution < 1.29 is 4.79 Å². The van der Waals surface area contributed by atoms with Gasteiger partial charge in [-0.1, -0.05) is 48.0 Å². The molecular formula is C24H20ClN3O. The number of hydrogen-bond donors (Lipinski definition) is 2. The molecule has 3 aromatic carbocycles. The molecule has 0 saturated carbocycles. The Morgan fingerprint density at radius 3 is 2.69 bits per heavy atom. The molecule has 4 nitrogen and oxygen atoms in total. The van der Waals surface area contributed by atoms with Crippen LogP contribution in [0.5, 0.6) is 0 Å². The van der Waals surface area contributed by atoms with Crippen molar-refractivity contribution in [3.8, 4) is 11.1 Å². The molecule has 5 heteroatoms. The van der Waals surface area contributed by atoms with E-state index in [-0.39, 0.29) is 5.91 Å². The maximum Gasteiger partial charge on any atom is 0.245 e. The number of anilines is 1. The van der Waals surface area contributed by atoms with E-state index in [1.165, 1.54) is 0 Å². The summed E-state index contributed by atoms with van der Waals surface area (Å²) in [5, 5.41) is 5.59. The number of benzene rings is 3. The Labute approximate surface area is 174 Å². The van der Waals surface area contributed by atoms with Gasteiger partial charge in [-0.05, 0) is 64.9 Å². The molecule has 1 atom stereocenters. The first kappa shape index (κ1) is 19.1. The molecule has 1 amide bonds. The highest BCUT2D eigenvalue weighted by Gasteiger charge is 2.18. The summed E-state index contributed by atoms with van der Waals surface area (Å²) < 4.78 is 0.